The number of nitrogens with one attached hydrogen (secondary N) is 1. The molecule has 1 amide bonds. The predicted octanol–water partition coefficient (Wildman–Crippen LogP) is 2.65. The molecule has 0 fully saturated rings. The first-order valence-electron chi connectivity index (χ1n) is 8.74. The molecule has 140 valence electrons. The van der Waals surface area contributed by atoms with E-state index in [0.29, 0.717) is 13.2 Å². The topological polar surface area (TPSA) is 78.9 Å². The van der Waals surface area contributed by atoms with E-state index in [4.69, 9.17) is 9.84 Å². The zero-order valence-electron chi connectivity index (χ0n) is 15.3. The van der Waals surface area contributed by atoms with Crippen LogP contribution in [0.4, 0.5) is 0 Å². The van der Waals surface area contributed by atoms with Gasteiger partial charge >= 0.3 is 5.97 Å². The van der Waals surface area contributed by atoms with Gasteiger partial charge in [-0.15, -0.1) is 0 Å². The fraction of sp³-hybridized carbons (Fsp3) is 0.400. The highest BCUT2D eigenvalue weighted by atomic mass is 16.5. The van der Waals surface area contributed by atoms with Crippen LogP contribution in [0.15, 0.2) is 36.4 Å². The minimum Gasteiger partial charge on any atom is -0.493 e. The number of benzene rings is 2. The molecule has 0 saturated carbocycles. The number of hydrogen-bond acceptors (Lipinski definition) is 4. The number of carboxylic acids is 1. The molecule has 0 saturated heterocycles. The summed E-state index contributed by atoms with van der Waals surface area (Å²) in [4.78, 5) is 24.6. The van der Waals surface area contributed by atoms with E-state index in [2.05, 4.69) is 10.2 Å². The Morgan fingerprint density at radius 1 is 1.12 bits per heavy atom. The van der Waals surface area contributed by atoms with Gasteiger partial charge < -0.3 is 20.1 Å². The Morgan fingerprint density at radius 2 is 1.88 bits per heavy atom. The van der Waals surface area contributed by atoms with Crippen LogP contribution in [-0.2, 0) is 16.1 Å². The number of ether oxygens (including phenoxy) is 1. The molecule has 0 spiro atoms. The van der Waals surface area contributed by atoms with Gasteiger partial charge in [0.2, 0.25) is 5.91 Å². The zero-order valence-corrected chi connectivity index (χ0v) is 15.3. The third-order valence-corrected chi connectivity index (χ3v) is 4.03. The molecule has 6 nitrogen and oxygen atoms in total. The van der Waals surface area contributed by atoms with Gasteiger partial charge in [0.15, 0.2) is 0 Å². The van der Waals surface area contributed by atoms with Crippen molar-refractivity contribution in [1.82, 2.24) is 10.2 Å². The highest BCUT2D eigenvalue weighted by molar-refractivity contribution is 5.88. The standard InChI is InChI=1S/C20H26N2O4/c1-22(2)12-5-13-26-18-9-8-15-6-3-4-7-16(15)17(18)14-21-19(23)10-11-20(24)25/h3-4,6-9H,5,10-14H2,1-2H3,(H,21,23)(H,24,25). The summed E-state index contributed by atoms with van der Waals surface area (Å²) in [6.07, 6.45) is 0.707. The Balaban J connectivity index is 2.10. The largest absolute Gasteiger partial charge is 0.493 e. The van der Waals surface area contributed by atoms with Crippen molar-refractivity contribution in [2.45, 2.75) is 25.8 Å². The highest BCUT2D eigenvalue weighted by Crippen LogP contribution is 2.28. The lowest BCUT2D eigenvalue weighted by Crippen LogP contribution is -2.24. The van der Waals surface area contributed by atoms with Crippen molar-refractivity contribution in [3.05, 3.63) is 42.0 Å². The first-order chi connectivity index (χ1) is 12.5. The smallest absolute Gasteiger partial charge is 0.303 e. The quantitative estimate of drug-likeness (QED) is 0.639. The number of carbonyl (C=O) groups excluding carboxylic acids is 1. The molecule has 0 aliphatic carbocycles. The lowest BCUT2D eigenvalue weighted by molar-refractivity contribution is -0.138. The molecule has 6 heteroatoms. The summed E-state index contributed by atoms with van der Waals surface area (Å²) in [6.45, 7) is 1.84. The first kappa shape index (κ1) is 19.7. The van der Waals surface area contributed by atoms with Gasteiger partial charge in [0.25, 0.3) is 0 Å². The molecule has 0 aliphatic rings. The van der Waals surface area contributed by atoms with Gasteiger partial charge in [0.1, 0.15) is 5.75 Å². The first-order valence-corrected chi connectivity index (χ1v) is 8.74. The summed E-state index contributed by atoms with van der Waals surface area (Å²) in [5, 5.41) is 13.6. The summed E-state index contributed by atoms with van der Waals surface area (Å²) in [7, 11) is 4.04. The van der Waals surface area contributed by atoms with Crippen LogP contribution in [-0.4, -0.2) is 49.1 Å². The Morgan fingerprint density at radius 3 is 2.62 bits per heavy atom. The van der Waals surface area contributed by atoms with Gasteiger partial charge in [-0.25, -0.2) is 0 Å². The zero-order chi connectivity index (χ0) is 18.9. The normalized spacial score (nSPS) is 10.9. The number of hydrogen-bond donors (Lipinski definition) is 2. The van der Waals surface area contributed by atoms with E-state index in [-0.39, 0.29) is 18.7 Å². The van der Waals surface area contributed by atoms with Crippen LogP contribution >= 0.6 is 0 Å². The number of carbonyl (C=O) groups is 2. The number of nitrogens with zero attached hydrogens (tertiary/aromatic N) is 1. The fourth-order valence-corrected chi connectivity index (χ4v) is 2.69. The van der Waals surface area contributed by atoms with E-state index in [1.165, 1.54) is 0 Å². The Kier molecular flexibility index (Phi) is 7.41. The SMILES string of the molecule is CN(C)CCCOc1ccc2ccccc2c1CNC(=O)CCC(=O)O. The van der Waals surface area contributed by atoms with E-state index in [9.17, 15) is 9.59 Å². The molecule has 0 unspecified atom stereocenters. The van der Waals surface area contributed by atoms with Crippen molar-refractivity contribution < 1.29 is 19.4 Å². The molecule has 2 N–H and O–H groups in total. The number of amides is 1. The fourth-order valence-electron chi connectivity index (χ4n) is 2.69. The van der Waals surface area contributed by atoms with E-state index >= 15 is 0 Å². The van der Waals surface area contributed by atoms with Gasteiger partial charge in [0, 0.05) is 25.1 Å². The third-order valence-electron chi connectivity index (χ3n) is 4.03. The maximum absolute atomic E-state index is 11.9. The van der Waals surface area contributed by atoms with Crippen LogP contribution in [0.25, 0.3) is 10.8 Å². The van der Waals surface area contributed by atoms with E-state index in [1.54, 1.807) is 0 Å². The van der Waals surface area contributed by atoms with Gasteiger partial charge in [-0.1, -0.05) is 30.3 Å². The summed E-state index contributed by atoms with van der Waals surface area (Å²) >= 11 is 0. The van der Waals surface area contributed by atoms with Crippen LogP contribution in [0.5, 0.6) is 5.75 Å². The van der Waals surface area contributed by atoms with Crippen LogP contribution in [0, 0.1) is 0 Å². The molecule has 0 heterocycles. The minimum atomic E-state index is -0.977. The summed E-state index contributed by atoms with van der Waals surface area (Å²) in [5.41, 5.74) is 0.914. The number of fused-ring (bicyclic) bond motifs is 1. The monoisotopic (exact) mass is 358 g/mol. The molecule has 0 radical (unpaired) electrons. The lowest BCUT2D eigenvalue weighted by atomic mass is 10.0. The van der Waals surface area contributed by atoms with Crippen LogP contribution in [0.1, 0.15) is 24.8 Å². The van der Waals surface area contributed by atoms with Crippen molar-refractivity contribution in [3.8, 4) is 5.75 Å². The second kappa shape index (κ2) is 9.77. The Bertz CT molecular complexity index is 759. The second-order valence-corrected chi connectivity index (χ2v) is 6.44. The predicted molar refractivity (Wildman–Crippen MR) is 101 cm³/mol. The molecular formula is C20H26N2O4. The van der Waals surface area contributed by atoms with E-state index in [0.717, 1.165) is 35.1 Å². The summed E-state index contributed by atoms with van der Waals surface area (Å²) < 4.78 is 5.95. The van der Waals surface area contributed by atoms with Crippen LogP contribution in [0.2, 0.25) is 0 Å². The van der Waals surface area contributed by atoms with E-state index in [1.807, 2.05) is 50.5 Å². The van der Waals surface area contributed by atoms with Crippen LogP contribution in [0.3, 0.4) is 0 Å². The van der Waals surface area contributed by atoms with E-state index < -0.39 is 5.97 Å². The van der Waals surface area contributed by atoms with Crippen molar-refractivity contribution in [3.63, 3.8) is 0 Å². The molecule has 2 aromatic carbocycles. The number of rotatable bonds is 10. The third kappa shape index (κ3) is 6.04. The number of carboxylic acid groups (broad SMARTS) is 1. The van der Waals surface area contributed by atoms with Gasteiger partial charge in [-0.3, -0.25) is 9.59 Å². The molecule has 26 heavy (non-hydrogen) atoms. The molecule has 2 aromatic rings. The van der Waals surface area contributed by atoms with Gasteiger partial charge in [0.05, 0.1) is 13.0 Å². The van der Waals surface area contributed by atoms with Crippen molar-refractivity contribution in [2.75, 3.05) is 27.2 Å². The average Bonchev–Trinajstić information content (AvgIpc) is 2.61. The minimum absolute atomic E-state index is 0.0286. The Hall–Kier alpha value is -2.60. The maximum Gasteiger partial charge on any atom is 0.303 e. The second-order valence-electron chi connectivity index (χ2n) is 6.44. The molecule has 0 aromatic heterocycles. The maximum atomic E-state index is 11.9. The Labute approximate surface area is 153 Å². The summed E-state index contributed by atoms with van der Waals surface area (Å²) in [5.74, 6) is -0.505. The van der Waals surface area contributed by atoms with Crippen LogP contribution < -0.4 is 10.1 Å². The van der Waals surface area contributed by atoms with Crippen molar-refractivity contribution in [1.29, 1.82) is 0 Å². The molecule has 2 rings (SSSR count). The highest BCUT2D eigenvalue weighted by Gasteiger charge is 2.11. The number of aliphatic carboxylic acids is 1. The van der Waals surface area contributed by atoms with Crippen molar-refractivity contribution >= 4 is 22.6 Å². The average molecular weight is 358 g/mol. The van der Waals surface area contributed by atoms with Crippen molar-refractivity contribution in [2.24, 2.45) is 0 Å². The molecule has 0 atom stereocenters. The molecule has 0 bridgehead atoms. The molecular weight excluding hydrogens is 332 g/mol. The lowest BCUT2D eigenvalue weighted by Gasteiger charge is -2.16. The van der Waals surface area contributed by atoms with Gasteiger partial charge in [-0.2, -0.15) is 0 Å². The van der Waals surface area contributed by atoms with Gasteiger partial charge in [-0.05, 0) is 37.4 Å². The summed E-state index contributed by atoms with van der Waals surface area (Å²) in [6, 6.07) is 11.9. The molecule has 0 aliphatic heterocycles.